The van der Waals surface area contributed by atoms with Crippen molar-refractivity contribution in [1.29, 1.82) is 0 Å². The molecule has 1 unspecified atom stereocenters. The highest BCUT2D eigenvalue weighted by molar-refractivity contribution is 5.92. The number of aromatic nitrogens is 2. The zero-order chi connectivity index (χ0) is 15.8. The number of anilines is 1. The Kier molecular flexibility index (Phi) is 6.62. The first kappa shape index (κ1) is 16.7. The molecule has 0 aliphatic carbocycles. The molecule has 2 heterocycles. The third-order valence-corrected chi connectivity index (χ3v) is 4.34. The molecule has 1 fully saturated rings. The Hall–Kier alpha value is -1.65. The lowest BCUT2D eigenvalue weighted by Crippen LogP contribution is -2.39. The lowest BCUT2D eigenvalue weighted by Gasteiger charge is -2.35. The molecule has 5 heteroatoms. The Morgan fingerprint density at radius 2 is 2.14 bits per heavy atom. The van der Waals surface area contributed by atoms with E-state index < -0.39 is 0 Å². The van der Waals surface area contributed by atoms with Gasteiger partial charge in [-0.15, -0.1) is 10.2 Å². The molecular formula is C17H28N4O. The molecule has 122 valence electrons. The Morgan fingerprint density at radius 3 is 2.82 bits per heavy atom. The summed E-state index contributed by atoms with van der Waals surface area (Å²) in [6, 6.07) is 4.28. The first-order chi connectivity index (χ1) is 10.8. The molecule has 0 saturated carbocycles. The maximum Gasteiger partial charge on any atom is 0.271 e. The number of amides is 1. The van der Waals surface area contributed by atoms with Crippen molar-refractivity contribution in [2.75, 3.05) is 18.0 Å². The molecule has 1 aromatic rings. The molecule has 0 bridgehead atoms. The van der Waals surface area contributed by atoms with Crippen molar-refractivity contribution in [3.05, 3.63) is 17.8 Å². The molecule has 1 amide bonds. The smallest absolute Gasteiger partial charge is 0.271 e. The van der Waals surface area contributed by atoms with Gasteiger partial charge in [-0.2, -0.15) is 0 Å². The molecule has 0 spiro atoms. The van der Waals surface area contributed by atoms with Gasteiger partial charge in [-0.05, 0) is 44.2 Å². The van der Waals surface area contributed by atoms with Crippen LogP contribution >= 0.6 is 0 Å². The highest BCUT2D eigenvalue weighted by atomic mass is 16.1. The van der Waals surface area contributed by atoms with Crippen LogP contribution in [0.15, 0.2) is 12.1 Å². The molecule has 2 rings (SSSR count). The van der Waals surface area contributed by atoms with Crippen molar-refractivity contribution in [1.82, 2.24) is 15.5 Å². The van der Waals surface area contributed by atoms with Gasteiger partial charge in [0.15, 0.2) is 11.5 Å². The molecule has 1 atom stereocenters. The first-order valence-corrected chi connectivity index (χ1v) is 8.64. The quantitative estimate of drug-likeness (QED) is 0.786. The van der Waals surface area contributed by atoms with Crippen molar-refractivity contribution in [3.8, 4) is 0 Å². The number of rotatable bonds is 7. The standard InChI is InChI=1S/C17H28N4O/c1-3-5-7-12-18-17(22)15-10-11-16(20-19-15)21-13-8-6-9-14(21)4-2/h10-11,14H,3-9,12-13H2,1-2H3,(H,18,22). The van der Waals surface area contributed by atoms with E-state index in [0.717, 1.165) is 38.0 Å². The largest absolute Gasteiger partial charge is 0.352 e. The summed E-state index contributed by atoms with van der Waals surface area (Å²) in [5.41, 5.74) is 0.408. The number of hydrogen-bond acceptors (Lipinski definition) is 4. The fourth-order valence-electron chi connectivity index (χ4n) is 2.99. The summed E-state index contributed by atoms with van der Waals surface area (Å²) in [5.74, 6) is 0.773. The van der Waals surface area contributed by atoms with Crippen LogP contribution in [0.4, 0.5) is 5.82 Å². The van der Waals surface area contributed by atoms with Crippen LogP contribution in [0.25, 0.3) is 0 Å². The molecule has 1 aliphatic rings. The van der Waals surface area contributed by atoms with E-state index in [1.807, 2.05) is 6.07 Å². The lowest BCUT2D eigenvalue weighted by molar-refractivity contribution is 0.0947. The summed E-state index contributed by atoms with van der Waals surface area (Å²) in [6.07, 6.45) is 8.15. The average molecular weight is 304 g/mol. The highest BCUT2D eigenvalue weighted by Crippen LogP contribution is 2.24. The van der Waals surface area contributed by atoms with Crippen LogP contribution in [-0.4, -0.2) is 35.2 Å². The molecule has 0 radical (unpaired) electrons. The van der Waals surface area contributed by atoms with Gasteiger partial charge in [0.1, 0.15) is 0 Å². The Balaban J connectivity index is 1.93. The second kappa shape index (κ2) is 8.71. The van der Waals surface area contributed by atoms with Gasteiger partial charge in [-0.3, -0.25) is 4.79 Å². The lowest BCUT2D eigenvalue weighted by atomic mass is 10.0. The van der Waals surface area contributed by atoms with Gasteiger partial charge in [0.05, 0.1) is 0 Å². The van der Waals surface area contributed by atoms with Crippen LogP contribution in [0.3, 0.4) is 0 Å². The normalized spacial score (nSPS) is 18.3. The molecule has 1 aliphatic heterocycles. The number of piperidine rings is 1. The summed E-state index contributed by atoms with van der Waals surface area (Å²) in [4.78, 5) is 14.3. The van der Waals surface area contributed by atoms with Crippen molar-refractivity contribution in [2.45, 2.75) is 64.8 Å². The predicted molar refractivity (Wildman–Crippen MR) is 89.2 cm³/mol. The Bertz CT molecular complexity index is 460. The summed E-state index contributed by atoms with van der Waals surface area (Å²) in [6.45, 7) is 6.11. The van der Waals surface area contributed by atoms with Gasteiger partial charge in [-0.25, -0.2) is 0 Å². The number of unbranched alkanes of at least 4 members (excludes halogenated alkanes) is 2. The van der Waals surface area contributed by atoms with Crippen molar-refractivity contribution in [2.24, 2.45) is 0 Å². The van der Waals surface area contributed by atoms with Crippen LogP contribution in [0.5, 0.6) is 0 Å². The van der Waals surface area contributed by atoms with Gasteiger partial charge in [0.25, 0.3) is 5.91 Å². The van der Waals surface area contributed by atoms with Gasteiger partial charge >= 0.3 is 0 Å². The van der Waals surface area contributed by atoms with E-state index in [2.05, 4.69) is 34.3 Å². The predicted octanol–water partition coefficient (Wildman–Crippen LogP) is 3.17. The fraction of sp³-hybridized carbons (Fsp3) is 0.706. The van der Waals surface area contributed by atoms with Gasteiger partial charge < -0.3 is 10.2 Å². The van der Waals surface area contributed by atoms with Crippen LogP contribution in [0, 0.1) is 0 Å². The summed E-state index contributed by atoms with van der Waals surface area (Å²) in [7, 11) is 0. The minimum absolute atomic E-state index is 0.124. The van der Waals surface area contributed by atoms with Crippen LogP contribution in [0.1, 0.15) is 69.3 Å². The molecule has 1 saturated heterocycles. The van der Waals surface area contributed by atoms with E-state index in [-0.39, 0.29) is 5.91 Å². The number of nitrogens with zero attached hydrogens (tertiary/aromatic N) is 3. The maximum atomic E-state index is 12.0. The molecular weight excluding hydrogens is 276 g/mol. The second-order valence-corrected chi connectivity index (χ2v) is 5.99. The highest BCUT2D eigenvalue weighted by Gasteiger charge is 2.22. The SMILES string of the molecule is CCCCCNC(=O)c1ccc(N2CCCCC2CC)nn1. The van der Waals surface area contributed by atoms with E-state index in [1.54, 1.807) is 6.07 Å². The summed E-state index contributed by atoms with van der Waals surface area (Å²) >= 11 is 0. The van der Waals surface area contributed by atoms with Crippen molar-refractivity contribution >= 4 is 11.7 Å². The van der Waals surface area contributed by atoms with Crippen LogP contribution < -0.4 is 10.2 Å². The number of hydrogen-bond donors (Lipinski definition) is 1. The van der Waals surface area contributed by atoms with Crippen molar-refractivity contribution in [3.63, 3.8) is 0 Å². The fourth-order valence-corrected chi connectivity index (χ4v) is 2.99. The minimum Gasteiger partial charge on any atom is -0.352 e. The third kappa shape index (κ3) is 4.42. The number of carbonyl (C=O) groups excluding carboxylic acids is 1. The molecule has 22 heavy (non-hydrogen) atoms. The van der Waals surface area contributed by atoms with E-state index >= 15 is 0 Å². The minimum atomic E-state index is -0.124. The topological polar surface area (TPSA) is 58.1 Å². The van der Waals surface area contributed by atoms with E-state index in [4.69, 9.17) is 0 Å². The second-order valence-electron chi connectivity index (χ2n) is 5.99. The number of nitrogens with one attached hydrogen (secondary N) is 1. The third-order valence-electron chi connectivity index (χ3n) is 4.34. The van der Waals surface area contributed by atoms with Crippen LogP contribution in [0.2, 0.25) is 0 Å². The Labute approximate surface area is 133 Å². The zero-order valence-electron chi connectivity index (χ0n) is 13.8. The monoisotopic (exact) mass is 304 g/mol. The molecule has 1 N–H and O–H groups in total. The van der Waals surface area contributed by atoms with Gasteiger partial charge in [-0.1, -0.05) is 26.7 Å². The van der Waals surface area contributed by atoms with E-state index in [9.17, 15) is 4.79 Å². The van der Waals surface area contributed by atoms with Crippen LogP contribution in [-0.2, 0) is 0 Å². The summed E-state index contributed by atoms with van der Waals surface area (Å²) in [5, 5.41) is 11.3. The van der Waals surface area contributed by atoms with E-state index in [1.165, 1.54) is 19.3 Å². The van der Waals surface area contributed by atoms with Gasteiger partial charge in [0, 0.05) is 19.1 Å². The molecule has 0 aromatic carbocycles. The Morgan fingerprint density at radius 1 is 1.27 bits per heavy atom. The maximum absolute atomic E-state index is 12.0. The van der Waals surface area contributed by atoms with E-state index in [0.29, 0.717) is 18.3 Å². The summed E-state index contributed by atoms with van der Waals surface area (Å²) < 4.78 is 0. The zero-order valence-corrected chi connectivity index (χ0v) is 13.8. The first-order valence-electron chi connectivity index (χ1n) is 8.64. The molecule has 1 aromatic heterocycles. The van der Waals surface area contributed by atoms with Gasteiger partial charge in [0.2, 0.25) is 0 Å². The molecule has 5 nitrogen and oxygen atoms in total. The average Bonchev–Trinajstić information content (AvgIpc) is 2.58. The number of carbonyl (C=O) groups is 1. The van der Waals surface area contributed by atoms with Crippen molar-refractivity contribution < 1.29 is 4.79 Å².